The van der Waals surface area contributed by atoms with E-state index in [-0.39, 0.29) is 22.0 Å². The molecule has 0 amide bonds. The van der Waals surface area contributed by atoms with Crippen molar-refractivity contribution >= 4 is 27.4 Å². The summed E-state index contributed by atoms with van der Waals surface area (Å²) >= 11 is 3.14. The zero-order chi connectivity index (χ0) is 16.2. The Bertz CT molecular complexity index is 687. The molecule has 0 aliphatic heterocycles. The Morgan fingerprint density at radius 2 is 2.14 bits per heavy atom. The minimum Gasteiger partial charge on any atom is -0.374 e. The number of halogens is 1. The highest BCUT2D eigenvalue weighted by Crippen LogP contribution is 2.61. The fraction of sp³-hybridized carbons (Fsp3) is 0.714. The zero-order valence-corrected chi connectivity index (χ0v) is 14.3. The molecule has 2 N–H and O–H groups in total. The first-order chi connectivity index (χ1) is 10.2. The number of hydrogen-bond donors (Lipinski definition) is 2. The summed E-state index contributed by atoms with van der Waals surface area (Å²) in [5, 5.41) is 20.1. The van der Waals surface area contributed by atoms with E-state index >= 15 is 0 Å². The average Bonchev–Trinajstić information content (AvgIpc) is 2.44. The Hall–Kier alpha value is -1.44. The van der Waals surface area contributed by atoms with Crippen LogP contribution >= 0.6 is 15.9 Å². The van der Waals surface area contributed by atoms with Crippen LogP contribution in [0.4, 0.5) is 11.5 Å². The third-order valence-electron chi connectivity index (χ3n) is 5.76. The molecule has 0 radical (unpaired) electrons. The number of anilines is 1. The number of H-pyrrole nitrogens is 1. The number of hydrogen-bond acceptors (Lipinski definition) is 5. The number of nitrogens with one attached hydrogen (secondary N) is 2. The van der Waals surface area contributed by atoms with Crippen molar-refractivity contribution in [3.63, 3.8) is 0 Å². The molecule has 3 fully saturated rings. The lowest BCUT2D eigenvalue weighted by Crippen LogP contribution is -2.58. The van der Waals surface area contributed by atoms with Crippen molar-refractivity contribution in [2.45, 2.75) is 39.7 Å². The van der Waals surface area contributed by atoms with Crippen LogP contribution in [0.25, 0.3) is 0 Å². The highest BCUT2D eigenvalue weighted by atomic mass is 79.9. The molecule has 3 saturated carbocycles. The Morgan fingerprint density at radius 3 is 2.68 bits per heavy atom. The molecule has 0 saturated heterocycles. The molecular weight excluding hydrogens is 352 g/mol. The Labute approximate surface area is 136 Å². The van der Waals surface area contributed by atoms with E-state index in [1.165, 1.54) is 6.42 Å². The molecule has 4 rings (SSSR count). The molecule has 3 aliphatic carbocycles. The van der Waals surface area contributed by atoms with Crippen molar-refractivity contribution in [2.24, 2.45) is 23.2 Å². The SMILES string of the molecule is C[C@@H]1[C@H]2C[C@@H](C[C@H]1Nc1c([N+](=O)[O-])n[nH]c(=O)c1Br)C2(C)C. The molecule has 22 heavy (non-hydrogen) atoms. The van der Waals surface area contributed by atoms with Gasteiger partial charge in [0.2, 0.25) is 0 Å². The van der Waals surface area contributed by atoms with Crippen molar-refractivity contribution in [3.05, 3.63) is 24.9 Å². The lowest BCUT2D eigenvalue weighted by molar-refractivity contribution is -0.389. The summed E-state index contributed by atoms with van der Waals surface area (Å²) in [6.45, 7) is 6.78. The molecule has 8 heteroatoms. The first kappa shape index (κ1) is 15.5. The van der Waals surface area contributed by atoms with Gasteiger partial charge in [0, 0.05) is 6.04 Å². The Kier molecular flexibility index (Phi) is 3.54. The summed E-state index contributed by atoms with van der Waals surface area (Å²) in [7, 11) is 0. The summed E-state index contributed by atoms with van der Waals surface area (Å²) in [6.07, 6.45) is 2.18. The molecule has 7 nitrogen and oxygen atoms in total. The minimum absolute atomic E-state index is 0.121. The first-order valence-electron chi connectivity index (χ1n) is 7.42. The first-order valence-corrected chi connectivity index (χ1v) is 8.22. The third-order valence-corrected chi connectivity index (χ3v) is 6.52. The van der Waals surface area contributed by atoms with Gasteiger partial charge in [0.1, 0.15) is 4.47 Å². The van der Waals surface area contributed by atoms with E-state index in [9.17, 15) is 14.9 Å². The van der Waals surface area contributed by atoms with Crippen LogP contribution < -0.4 is 10.9 Å². The van der Waals surface area contributed by atoms with Crippen LogP contribution in [-0.2, 0) is 0 Å². The second kappa shape index (κ2) is 5.04. The van der Waals surface area contributed by atoms with Gasteiger partial charge in [0.15, 0.2) is 5.69 Å². The smallest absolute Gasteiger partial charge is 0.374 e. The van der Waals surface area contributed by atoms with Gasteiger partial charge in [-0.25, -0.2) is 0 Å². The van der Waals surface area contributed by atoms with Crippen molar-refractivity contribution in [1.29, 1.82) is 0 Å². The second-order valence-corrected chi connectivity index (χ2v) is 7.82. The number of aromatic amines is 1. The van der Waals surface area contributed by atoms with Gasteiger partial charge in [-0.15, -0.1) is 5.10 Å². The van der Waals surface area contributed by atoms with Gasteiger partial charge in [0.25, 0.3) is 5.56 Å². The molecule has 0 spiro atoms. The summed E-state index contributed by atoms with van der Waals surface area (Å²) in [5.41, 5.74) is 0.0550. The van der Waals surface area contributed by atoms with Crippen molar-refractivity contribution in [3.8, 4) is 0 Å². The molecule has 4 atom stereocenters. The van der Waals surface area contributed by atoms with E-state index in [1.807, 2.05) is 0 Å². The van der Waals surface area contributed by atoms with Crippen LogP contribution in [0.1, 0.15) is 33.6 Å². The van der Waals surface area contributed by atoms with E-state index in [1.54, 1.807) is 0 Å². The van der Waals surface area contributed by atoms with Crippen LogP contribution in [0.3, 0.4) is 0 Å². The van der Waals surface area contributed by atoms with Crippen LogP contribution in [0.15, 0.2) is 9.27 Å². The largest absolute Gasteiger partial charge is 0.412 e. The summed E-state index contributed by atoms with van der Waals surface area (Å²) in [4.78, 5) is 22.2. The monoisotopic (exact) mass is 370 g/mol. The zero-order valence-electron chi connectivity index (χ0n) is 12.7. The van der Waals surface area contributed by atoms with Gasteiger partial charge in [0.05, 0.1) is 5.10 Å². The lowest BCUT2D eigenvalue weighted by atomic mass is 9.45. The van der Waals surface area contributed by atoms with Crippen molar-refractivity contribution in [2.75, 3.05) is 5.32 Å². The highest BCUT2D eigenvalue weighted by molar-refractivity contribution is 9.10. The van der Waals surface area contributed by atoms with Gasteiger partial charge in [-0.1, -0.05) is 20.8 Å². The summed E-state index contributed by atoms with van der Waals surface area (Å²) in [6, 6.07) is 0.121. The molecule has 2 bridgehead atoms. The standard InChI is InChI=1S/C14H19BrN4O3/c1-6-8-4-7(14(8,2)3)5-9(6)16-11-10(15)13(20)18-17-12(11)19(21)22/h6-9H,4-5H2,1-3H3,(H2,16,18,20)/t6-,7+,8-,9-/m1/s1. The van der Waals surface area contributed by atoms with Gasteiger partial charge in [-0.2, -0.15) is 0 Å². The van der Waals surface area contributed by atoms with E-state index in [0.717, 1.165) is 6.42 Å². The summed E-state index contributed by atoms with van der Waals surface area (Å²) in [5.74, 6) is 1.28. The van der Waals surface area contributed by atoms with E-state index < -0.39 is 10.5 Å². The van der Waals surface area contributed by atoms with E-state index in [0.29, 0.717) is 23.2 Å². The van der Waals surface area contributed by atoms with Gasteiger partial charge in [-0.3, -0.25) is 4.79 Å². The summed E-state index contributed by atoms with van der Waals surface area (Å²) < 4.78 is 0.139. The van der Waals surface area contributed by atoms with Crippen molar-refractivity contribution < 1.29 is 4.92 Å². The molecule has 0 aromatic carbocycles. The number of aromatic nitrogens is 2. The van der Waals surface area contributed by atoms with Crippen LogP contribution in [-0.4, -0.2) is 21.2 Å². The van der Waals surface area contributed by atoms with Crippen LogP contribution in [0.5, 0.6) is 0 Å². The van der Waals surface area contributed by atoms with Gasteiger partial charge in [-0.05, 0) is 56.9 Å². The van der Waals surface area contributed by atoms with E-state index in [2.05, 4.69) is 52.2 Å². The second-order valence-electron chi connectivity index (χ2n) is 7.03. The van der Waals surface area contributed by atoms with E-state index in [4.69, 9.17) is 0 Å². The predicted molar refractivity (Wildman–Crippen MR) is 85.8 cm³/mol. The Balaban J connectivity index is 1.90. The fourth-order valence-electron chi connectivity index (χ4n) is 4.21. The number of nitro groups is 1. The average molecular weight is 371 g/mol. The molecule has 1 heterocycles. The van der Waals surface area contributed by atoms with Crippen LogP contribution in [0.2, 0.25) is 0 Å². The predicted octanol–water partition coefficient (Wildman–Crippen LogP) is 2.92. The highest BCUT2D eigenvalue weighted by Gasteiger charge is 2.56. The number of nitrogens with zero attached hydrogens (tertiary/aromatic N) is 2. The quantitative estimate of drug-likeness (QED) is 0.629. The minimum atomic E-state index is -0.582. The van der Waals surface area contributed by atoms with Gasteiger partial charge < -0.3 is 15.4 Å². The maximum atomic E-state index is 11.7. The number of fused-ring (bicyclic) bond motifs is 2. The normalized spacial score (nSPS) is 32.2. The van der Waals surface area contributed by atoms with Gasteiger partial charge >= 0.3 is 5.82 Å². The third kappa shape index (κ3) is 2.15. The molecule has 0 unspecified atom stereocenters. The molecule has 1 aromatic heterocycles. The molecule has 120 valence electrons. The fourth-order valence-corrected chi connectivity index (χ4v) is 4.59. The Morgan fingerprint density at radius 1 is 1.45 bits per heavy atom. The maximum absolute atomic E-state index is 11.7. The molecule has 1 aromatic rings. The maximum Gasteiger partial charge on any atom is 0.412 e. The van der Waals surface area contributed by atoms with Crippen LogP contribution in [0, 0.1) is 33.3 Å². The lowest BCUT2D eigenvalue weighted by Gasteiger charge is -2.62. The molecule has 3 aliphatic rings. The number of rotatable bonds is 3. The molecular formula is C14H19BrN4O3. The topological polar surface area (TPSA) is 101 Å². The van der Waals surface area contributed by atoms with Crippen molar-refractivity contribution in [1.82, 2.24) is 10.2 Å².